The number of carbonyl (C=O) groups is 2. The zero-order chi connectivity index (χ0) is 16.7. The Balaban J connectivity index is 1.93. The lowest BCUT2D eigenvalue weighted by Gasteiger charge is -2.11. The van der Waals surface area contributed by atoms with Crippen molar-refractivity contribution in [3.63, 3.8) is 0 Å². The van der Waals surface area contributed by atoms with Gasteiger partial charge >= 0.3 is 6.03 Å². The Bertz CT molecular complexity index is 701. The maximum atomic E-state index is 12.0. The highest BCUT2D eigenvalue weighted by molar-refractivity contribution is 5.93. The number of para-hydroxylation sites is 1. The van der Waals surface area contributed by atoms with Crippen LogP contribution in [0.15, 0.2) is 48.5 Å². The number of anilines is 2. The minimum atomic E-state index is -0.659. The van der Waals surface area contributed by atoms with Gasteiger partial charge in [0.1, 0.15) is 5.75 Å². The minimum absolute atomic E-state index is 0.0928. The maximum Gasteiger partial charge on any atom is 0.316 e. The van der Waals surface area contributed by atoms with E-state index in [9.17, 15) is 9.59 Å². The summed E-state index contributed by atoms with van der Waals surface area (Å²) in [6.07, 6.45) is 0.832. The molecule has 0 saturated heterocycles. The average Bonchev–Trinajstić information content (AvgIpc) is 2.53. The summed E-state index contributed by atoms with van der Waals surface area (Å²) in [5.74, 6) is 0.418. The lowest BCUT2D eigenvalue weighted by molar-refractivity contribution is -0.118. The van der Waals surface area contributed by atoms with Crippen LogP contribution in [0.1, 0.15) is 12.5 Å². The molecule has 0 aliphatic rings. The first kappa shape index (κ1) is 16.4. The number of amides is 3. The first-order valence-electron chi connectivity index (χ1n) is 7.25. The van der Waals surface area contributed by atoms with Crippen LogP contribution in [0.2, 0.25) is 0 Å². The van der Waals surface area contributed by atoms with Crippen molar-refractivity contribution in [2.75, 3.05) is 17.2 Å². The number of benzene rings is 2. The molecule has 6 heteroatoms. The number of primary amides is 1. The third kappa shape index (κ3) is 5.03. The summed E-state index contributed by atoms with van der Waals surface area (Å²) in [5, 5.41) is 5.15. The van der Waals surface area contributed by atoms with E-state index < -0.39 is 6.03 Å². The van der Waals surface area contributed by atoms with E-state index >= 15 is 0 Å². The number of carbonyl (C=O) groups excluding carboxylic acids is 2. The molecule has 23 heavy (non-hydrogen) atoms. The van der Waals surface area contributed by atoms with E-state index in [1.54, 1.807) is 24.3 Å². The van der Waals surface area contributed by atoms with Gasteiger partial charge in [-0.2, -0.15) is 0 Å². The van der Waals surface area contributed by atoms with E-state index in [0.29, 0.717) is 17.1 Å². The molecule has 0 aromatic heterocycles. The van der Waals surface area contributed by atoms with Crippen molar-refractivity contribution in [2.45, 2.75) is 13.3 Å². The van der Waals surface area contributed by atoms with Gasteiger partial charge in [-0.1, -0.05) is 31.2 Å². The Kier molecular flexibility index (Phi) is 5.57. The molecule has 0 heterocycles. The van der Waals surface area contributed by atoms with Crippen molar-refractivity contribution >= 4 is 23.3 Å². The molecule has 0 spiro atoms. The molecule has 0 bridgehead atoms. The van der Waals surface area contributed by atoms with Crippen molar-refractivity contribution in [3.8, 4) is 5.75 Å². The number of hydrogen-bond acceptors (Lipinski definition) is 3. The van der Waals surface area contributed by atoms with Crippen molar-refractivity contribution in [2.24, 2.45) is 5.73 Å². The lowest BCUT2D eigenvalue weighted by atomic mass is 10.1. The van der Waals surface area contributed by atoms with E-state index in [2.05, 4.69) is 10.6 Å². The fourth-order valence-electron chi connectivity index (χ4n) is 2.09. The van der Waals surface area contributed by atoms with Crippen LogP contribution >= 0.6 is 0 Å². The number of nitrogens with one attached hydrogen (secondary N) is 2. The Morgan fingerprint density at radius 2 is 1.74 bits per heavy atom. The first-order chi connectivity index (χ1) is 11.1. The smallest absolute Gasteiger partial charge is 0.316 e. The molecule has 120 valence electrons. The van der Waals surface area contributed by atoms with Crippen molar-refractivity contribution < 1.29 is 14.3 Å². The summed E-state index contributed by atoms with van der Waals surface area (Å²) in [6.45, 7) is 1.93. The second kappa shape index (κ2) is 7.84. The molecule has 0 aliphatic carbocycles. The molecule has 4 N–H and O–H groups in total. The van der Waals surface area contributed by atoms with Gasteiger partial charge in [0.05, 0.1) is 0 Å². The number of nitrogens with two attached hydrogens (primary N) is 1. The molecular weight excluding hydrogens is 294 g/mol. The molecule has 2 aromatic rings. The summed E-state index contributed by atoms with van der Waals surface area (Å²) >= 11 is 0. The van der Waals surface area contributed by atoms with E-state index in [1.807, 2.05) is 31.2 Å². The molecule has 0 saturated carbocycles. The molecule has 2 aromatic carbocycles. The first-order valence-corrected chi connectivity index (χ1v) is 7.25. The van der Waals surface area contributed by atoms with Crippen LogP contribution in [0.5, 0.6) is 5.75 Å². The predicted molar refractivity (Wildman–Crippen MR) is 89.6 cm³/mol. The summed E-state index contributed by atoms with van der Waals surface area (Å²) in [5.41, 5.74) is 7.16. The number of hydrogen-bond donors (Lipinski definition) is 3. The topological polar surface area (TPSA) is 93.4 Å². The van der Waals surface area contributed by atoms with Crippen LogP contribution in [0.25, 0.3) is 0 Å². The zero-order valence-electron chi connectivity index (χ0n) is 12.8. The van der Waals surface area contributed by atoms with Crippen molar-refractivity contribution in [3.05, 3.63) is 54.1 Å². The highest BCUT2D eigenvalue weighted by Gasteiger charge is 2.07. The van der Waals surface area contributed by atoms with E-state index in [4.69, 9.17) is 10.5 Å². The fraction of sp³-hybridized carbons (Fsp3) is 0.176. The third-order valence-electron chi connectivity index (χ3n) is 3.13. The van der Waals surface area contributed by atoms with E-state index in [-0.39, 0.29) is 12.5 Å². The quantitative estimate of drug-likeness (QED) is 0.765. The number of urea groups is 1. The normalized spacial score (nSPS) is 9.96. The molecule has 0 aliphatic heterocycles. The van der Waals surface area contributed by atoms with Crippen molar-refractivity contribution in [1.29, 1.82) is 0 Å². The van der Waals surface area contributed by atoms with Crippen LogP contribution in [0, 0.1) is 0 Å². The molecule has 3 amide bonds. The van der Waals surface area contributed by atoms with Crippen LogP contribution < -0.4 is 21.1 Å². The highest BCUT2D eigenvalue weighted by atomic mass is 16.5. The monoisotopic (exact) mass is 313 g/mol. The van der Waals surface area contributed by atoms with Crippen LogP contribution in [-0.2, 0) is 11.2 Å². The minimum Gasteiger partial charge on any atom is -0.483 e. The lowest BCUT2D eigenvalue weighted by Crippen LogP contribution is -2.21. The standard InChI is InChI=1S/C17H19N3O3/c1-2-12-6-3-4-9-15(12)23-11-16(21)19-13-7-5-8-14(10-13)20-17(18)22/h3-10H,2,11H2,1H3,(H,19,21)(H3,18,20,22). The van der Waals surface area contributed by atoms with Gasteiger partial charge in [0.25, 0.3) is 5.91 Å². The largest absolute Gasteiger partial charge is 0.483 e. The van der Waals surface area contributed by atoms with Crippen LogP contribution in [0.4, 0.5) is 16.2 Å². The summed E-state index contributed by atoms with van der Waals surface area (Å²) in [4.78, 5) is 22.8. The van der Waals surface area contributed by atoms with Gasteiger partial charge in [0, 0.05) is 11.4 Å². The number of aryl methyl sites for hydroxylation is 1. The second-order valence-electron chi connectivity index (χ2n) is 4.87. The van der Waals surface area contributed by atoms with Gasteiger partial charge in [-0.25, -0.2) is 4.79 Å². The summed E-state index contributed by atoms with van der Waals surface area (Å²) in [6, 6.07) is 13.6. The SMILES string of the molecule is CCc1ccccc1OCC(=O)Nc1cccc(NC(N)=O)c1. The average molecular weight is 313 g/mol. The molecule has 6 nitrogen and oxygen atoms in total. The number of rotatable bonds is 6. The molecule has 0 unspecified atom stereocenters. The van der Waals surface area contributed by atoms with Gasteiger partial charge < -0.3 is 21.1 Å². The van der Waals surface area contributed by atoms with Gasteiger partial charge in [-0.3, -0.25) is 4.79 Å². The molecule has 0 fully saturated rings. The summed E-state index contributed by atoms with van der Waals surface area (Å²) < 4.78 is 5.56. The van der Waals surface area contributed by atoms with Gasteiger partial charge in [-0.15, -0.1) is 0 Å². The van der Waals surface area contributed by atoms with Gasteiger partial charge in [0.2, 0.25) is 0 Å². The van der Waals surface area contributed by atoms with E-state index in [1.165, 1.54) is 0 Å². The Hall–Kier alpha value is -3.02. The Morgan fingerprint density at radius 3 is 2.43 bits per heavy atom. The molecular formula is C17H19N3O3. The van der Waals surface area contributed by atoms with Crippen LogP contribution in [0.3, 0.4) is 0 Å². The maximum absolute atomic E-state index is 12.0. The zero-order valence-corrected chi connectivity index (χ0v) is 12.8. The van der Waals surface area contributed by atoms with E-state index in [0.717, 1.165) is 12.0 Å². The highest BCUT2D eigenvalue weighted by Crippen LogP contribution is 2.18. The fourth-order valence-corrected chi connectivity index (χ4v) is 2.09. The molecule has 2 rings (SSSR count). The number of ether oxygens (including phenoxy) is 1. The Labute approximate surface area is 134 Å². The van der Waals surface area contributed by atoms with Gasteiger partial charge in [0.15, 0.2) is 6.61 Å². The molecule has 0 radical (unpaired) electrons. The predicted octanol–water partition coefficient (Wildman–Crippen LogP) is 2.76. The van der Waals surface area contributed by atoms with Gasteiger partial charge in [-0.05, 0) is 36.2 Å². The molecule has 0 atom stereocenters. The summed E-state index contributed by atoms with van der Waals surface area (Å²) in [7, 11) is 0. The third-order valence-corrected chi connectivity index (χ3v) is 3.13. The Morgan fingerprint density at radius 1 is 1.04 bits per heavy atom. The van der Waals surface area contributed by atoms with Crippen LogP contribution in [-0.4, -0.2) is 18.5 Å². The second-order valence-corrected chi connectivity index (χ2v) is 4.87. The van der Waals surface area contributed by atoms with Crippen molar-refractivity contribution in [1.82, 2.24) is 0 Å².